The lowest BCUT2D eigenvalue weighted by molar-refractivity contribution is -0.385. The molecule has 216 valence electrons. The summed E-state index contributed by atoms with van der Waals surface area (Å²) in [6, 6.07) is 27.6. The standard InChI is InChI=1S/2C15H12BrNO3S/c16-14-5-1-13(2-6-14)11-21(20)10-9-12-3-7-15(8-4-12)17(18)19;16-14-6-4-13(5-7-14)11-21(20)9-8-12-2-1-3-15(10-12)17(18)19/h2*1-10H,11H2/b10-9+;9-8+. The van der Waals surface area contributed by atoms with Gasteiger partial charge in [-0.25, -0.2) is 0 Å². The quantitative estimate of drug-likeness (QED) is 0.119. The van der Waals surface area contributed by atoms with E-state index in [1.54, 1.807) is 47.2 Å². The fourth-order valence-corrected chi connectivity index (χ4v) is 5.73. The molecular formula is C30H24Br2N2O6S2. The van der Waals surface area contributed by atoms with Crippen LogP contribution in [0.25, 0.3) is 12.2 Å². The predicted molar refractivity (Wildman–Crippen MR) is 176 cm³/mol. The Kier molecular flexibility index (Phi) is 13.1. The normalized spacial score (nSPS) is 12.4. The summed E-state index contributed by atoms with van der Waals surface area (Å²) in [4.78, 5) is 20.3. The monoisotopic (exact) mass is 730 g/mol. The maximum Gasteiger partial charge on any atom is 0.270 e. The minimum atomic E-state index is -1.16. The van der Waals surface area contributed by atoms with Crippen molar-refractivity contribution < 1.29 is 18.3 Å². The Balaban J connectivity index is 0.000000230. The highest BCUT2D eigenvalue weighted by molar-refractivity contribution is 9.10. The molecule has 4 rings (SSSR count). The van der Waals surface area contributed by atoms with E-state index in [2.05, 4.69) is 31.9 Å². The lowest BCUT2D eigenvalue weighted by Crippen LogP contribution is -1.91. The Labute approximate surface area is 264 Å². The summed E-state index contributed by atoms with van der Waals surface area (Å²) in [6.45, 7) is 0. The number of halogens is 2. The average molecular weight is 732 g/mol. The van der Waals surface area contributed by atoms with Gasteiger partial charge in [0.2, 0.25) is 0 Å². The molecule has 0 aliphatic carbocycles. The Morgan fingerprint density at radius 3 is 1.50 bits per heavy atom. The molecule has 12 heteroatoms. The molecule has 0 radical (unpaired) electrons. The maximum absolute atomic E-state index is 12.0. The zero-order valence-electron chi connectivity index (χ0n) is 21.9. The van der Waals surface area contributed by atoms with Gasteiger partial charge in [-0.05, 0) is 70.8 Å². The molecule has 0 spiro atoms. The smallest absolute Gasteiger partial charge is 0.258 e. The molecule has 0 bridgehead atoms. The molecule has 0 amide bonds. The van der Waals surface area contributed by atoms with Crippen LogP contribution in [0.3, 0.4) is 0 Å². The molecule has 0 aliphatic rings. The number of benzene rings is 4. The second-order valence-corrected chi connectivity index (χ2v) is 13.1. The molecule has 8 nitrogen and oxygen atoms in total. The molecule has 0 heterocycles. The van der Waals surface area contributed by atoms with Crippen LogP contribution in [-0.4, -0.2) is 18.3 Å². The van der Waals surface area contributed by atoms with Crippen molar-refractivity contribution in [3.8, 4) is 0 Å². The third kappa shape index (κ3) is 11.7. The van der Waals surface area contributed by atoms with E-state index in [0.717, 1.165) is 25.6 Å². The number of nitrogens with zero attached hydrogens (tertiary/aromatic N) is 2. The van der Waals surface area contributed by atoms with E-state index in [-0.39, 0.29) is 11.4 Å². The third-order valence-electron chi connectivity index (χ3n) is 5.45. The van der Waals surface area contributed by atoms with Crippen molar-refractivity contribution >= 4 is 77.0 Å². The van der Waals surface area contributed by atoms with Gasteiger partial charge >= 0.3 is 0 Å². The molecule has 4 aromatic rings. The molecule has 2 atom stereocenters. The largest absolute Gasteiger partial charge is 0.270 e. The zero-order chi connectivity index (χ0) is 30.5. The first kappa shape index (κ1) is 32.9. The molecule has 0 aliphatic heterocycles. The van der Waals surface area contributed by atoms with Crippen LogP contribution < -0.4 is 0 Å². The molecule has 0 saturated heterocycles. The predicted octanol–water partition coefficient (Wildman–Crippen LogP) is 8.55. The van der Waals surface area contributed by atoms with E-state index in [1.807, 2.05) is 48.5 Å². The molecule has 0 N–H and O–H groups in total. The van der Waals surface area contributed by atoms with Crippen molar-refractivity contribution in [1.29, 1.82) is 0 Å². The first-order valence-corrected chi connectivity index (χ1v) is 16.5. The van der Waals surface area contributed by atoms with Crippen molar-refractivity contribution in [1.82, 2.24) is 0 Å². The summed E-state index contributed by atoms with van der Waals surface area (Å²) in [5, 5.41) is 24.4. The maximum atomic E-state index is 12.0. The van der Waals surface area contributed by atoms with Crippen molar-refractivity contribution in [3.05, 3.63) is 159 Å². The van der Waals surface area contributed by atoms with E-state index in [0.29, 0.717) is 17.1 Å². The highest BCUT2D eigenvalue weighted by atomic mass is 79.9. The van der Waals surface area contributed by atoms with Crippen LogP contribution in [0.2, 0.25) is 0 Å². The van der Waals surface area contributed by atoms with Gasteiger partial charge in [-0.1, -0.05) is 68.3 Å². The van der Waals surface area contributed by atoms with Gasteiger partial charge in [0.05, 0.1) is 43.0 Å². The molecule has 0 saturated carbocycles. The third-order valence-corrected chi connectivity index (χ3v) is 8.63. The Bertz CT molecular complexity index is 1630. The summed E-state index contributed by atoms with van der Waals surface area (Å²) in [6.07, 6.45) is 3.35. The Morgan fingerprint density at radius 2 is 1.05 bits per heavy atom. The van der Waals surface area contributed by atoms with Gasteiger partial charge in [0.25, 0.3) is 11.4 Å². The van der Waals surface area contributed by atoms with Crippen LogP contribution in [0.15, 0.2) is 117 Å². The molecular weight excluding hydrogens is 708 g/mol. The number of rotatable bonds is 10. The fraction of sp³-hybridized carbons (Fsp3) is 0.0667. The minimum absolute atomic E-state index is 0.0239. The SMILES string of the molecule is O=[N+]([O-])c1ccc(/C=C/S(=O)Cc2ccc(Br)cc2)cc1.O=[N+]([O-])c1cccc(/C=C/S(=O)Cc2ccc(Br)cc2)c1. The number of hydrogen-bond acceptors (Lipinski definition) is 6. The molecule has 0 aromatic heterocycles. The van der Waals surface area contributed by atoms with Gasteiger partial charge in [0.15, 0.2) is 0 Å². The average Bonchev–Trinajstić information content (AvgIpc) is 2.98. The van der Waals surface area contributed by atoms with Crippen LogP contribution in [0, 0.1) is 20.2 Å². The van der Waals surface area contributed by atoms with Crippen molar-refractivity contribution in [3.63, 3.8) is 0 Å². The van der Waals surface area contributed by atoms with Crippen molar-refractivity contribution in [2.45, 2.75) is 11.5 Å². The van der Waals surface area contributed by atoms with Gasteiger partial charge < -0.3 is 0 Å². The second kappa shape index (κ2) is 16.8. The van der Waals surface area contributed by atoms with Crippen LogP contribution in [0.4, 0.5) is 11.4 Å². The molecule has 2 unspecified atom stereocenters. The van der Waals surface area contributed by atoms with Gasteiger partial charge in [-0.2, -0.15) is 0 Å². The lowest BCUT2D eigenvalue weighted by Gasteiger charge is -1.99. The molecule has 0 fully saturated rings. The summed E-state index contributed by atoms with van der Waals surface area (Å²) >= 11 is 6.70. The van der Waals surface area contributed by atoms with Crippen LogP contribution in [-0.2, 0) is 33.1 Å². The number of hydrogen-bond donors (Lipinski definition) is 0. The van der Waals surface area contributed by atoms with Gasteiger partial charge in [0, 0.05) is 44.0 Å². The second-order valence-electron chi connectivity index (χ2n) is 8.61. The van der Waals surface area contributed by atoms with Crippen LogP contribution in [0.1, 0.15) is 22.3 Å². The first-order chi connectivity index (χ1) is 20.1. The van der Waals surface area contributed by atoms with Crippen LogP contribution in [0.5, 0.6) is 0 Å². The number of nitro benzene ring substituents is 2. The molecule has 42 heavy (non-hydrogen) atoms. The van der Waals surface area contributed by atoms with E-state index in [4.69, 9.17) is 0 Å². The van der Waals surface area contributed by atoms with E-state index in [9.17, 15) is 28.6 Å². The highest BCUT2D eigenvalue weighted by Gasteiger charge is 2.05. The van der Waals surface area contributed by atoms with E-state index >= 15 is 0 Å². The summed E-state index contributed by atoms with van der Waals surface area (Å²) in [5.41, 5.74) is 3.47. The van der Waals surface area contributed by atoms with Crippen LogP contribution >= 0.6 is 31.9 Å². The fourth-order valence-electron chi connectivity index (χ4n) is 3.34. The lowest BCUT2D eigenvalue weighted by atomic mass is 10.2. The molecule has 4 aromatic carbocycles. The Morgan fingerprint density at radius 1 is 0.595 bits per heavy atom. The van der Waals surface area contributed by atoms with E-state index in [1.165, 1.54) is 24.3 Å². The summed E-state index contributed by atoms with van der Waals surface area (Å²) in [5.74, 6) is 0.857. The Hall–Kier alpha value is -3.58. The topological polar surface area (TPSA) is 120 Å². The first-order valence-electron chi connectivity index (χ1n) is 12.2. The number of nitro groups is 2. The van der Waals surface area contributed by atoms with Gasteiger partial charge in [-0.15, -0.1) is 0 Å². The highest BCUT2D eigenvalue weighted by Crippen LogP contribution is 2.17. The minimum Gasteiger partial charge on any atom is -0.258 e. The number of non-ortho nitro benzene ring substituents is 2. The van der Waals surface area contributed by atoms with Crippen molar-refractivity contribution in [2.24, 2.45) is 0 Å². The van der Waals surface area contributed by atoms with E-state index < -0.39 is 31.4 Å². The van der Waals surface area contributed by atoms with Gasteiger partial charge in [-0.3, -0.25) is 28.6 Å². The van der Waals surface area contributed by atoms with Gasteiger partial charge in [0.1, 0.15) is 0 Å². The summed E-state index contributed by atoms with van der Waals surface area (Å²) < 4.78 is 25.9. The van der Waals surface area contributed by atoms with Crippen molar-refractivity contribution in [2.75, 3.05) is 0 Å². The summed E-state index contributed by atoms with van der Waals surface area (Å²) in [7, 11) is -2.28. The zero-order valence-corrected chi connectivity index (χ0v) is 26.7.